The van der Waals surface area contributed by atoms with Crippen LogP contribution in [0.25, 0.3) is 5.57 Å². The molecule has 21 heavy (non-hydrogen) atoms. The van der Waals surface area contributed by atoms with Crippen LogP contribution in [0.1, 0.15) is 12.5 Å². The van der Waals surface area contributed by atoms with Gasteiger partial charge in [-0.05, 0) is 12.5 Å². The van der Waals surface area contributed by atoms with E-state index in [1.54, 1.807) is 27.1 Å². The number of carbonyl (C=O) groups is 2. The third kappa shape index (κ3) is 3.51. The summed E-state index contributed by atoms with van der Waals surface area (Å²) in [4.78, 5) is 25.0. The van der Waals surface area contributed by atoms with E-state index in [-0.39, 0.29) is 5.91 Å². The zero-order valence-corrected chi connectivity index (χ0v) is 12.2. The minimum absolute atomic E-state index is 0.189. The van der Waals surface area contributed by atoms with Crippen molar-refractivity contribution in [3.63, 3.8) is 0 Å². The standard InChI is InChI=1S/C16H17NO4/c1-11-9-14(21-16(11)19)20-10-13(15(18)17(2)3)12-7-5-4-6-8-12/h4-10,14H,1-3H3. The van der Waals surface area contributed by atoms with E-state index in [0.29, 0.717) is 11.1 Å². The Kier molecular flexibility index (Phi) is 4.42. The summed E-state index contributed by atoms with van der Waals surface area (Å²) in [6.45, 7) is 1.65. The third-order valence-electron chi connectivity index (χ3n) is 2.97. The van der Waals surface area contributed by atoms with E-state index in [1.807, 2.05) is 30.3 Å². The summed E-state index contributed by atoms with van der Waals surface area (Å²) in [5.74, 6) is -0.597. The molecule has 0 aliphatic carbocycles. The van der Waals surface area contributed by atoms with Gasteiger partial charge in [-0.1, -0.05) is 30.3 Å². The number of benzene rings is 1. The number of rotatable bonds is 4. The molecule has 110 valence electrons. The van der Waals surface area contributed by atoms with E-state index in [4.69, 9.17) is 9.47 Å². The van der Waals surface area contributed by atoms with Gasteiger partial charge in [-0.25, -0.2) is 4.79 Å². The molecule has 1 aromatic carbocycles. The smallest absolute Gasteiger partial charge is 0.336 e. The fourth-order valence-corrected chi connectivity index (χ4v) is 1.81. The monoisotopic (exact) mass is 287 g/mol. The van der Waals surface area contributed by atoms with Crippen LogP contribution >= 0.6 is 0 Å². The summed E-state index contributed by atoms with van der Waals surface area (Å²) in [5, 5.41) is 0. The zero-order valence-electron chi connectivity index (χ0n) is 12.2. The van der Waals surface area contributed by atoms with E-state index in [1.165, 1.54) is 11.2 Å². The molecule has 0 radical (unpaired) electrons. The Hall–Kier alpha value is -2.56. The van der Waals surface area contributed by atoms with Crippen LogP contribution < -0.4 is 0 Å². The van der Waals surface area contributed by atoms with Crippen LogP contribution in [-0.4, -0.2) is 37.2 Å². The van der Waals surface area contributed by atoms with E-state index in [2.05, 4.69) is 0 Å². The number of hydrogen-bond donors (Lipinski definition) is 0. The van der Waals surface area contributed by atoms with Crippen LogP contribution in [0.2, 0.25) is 0 Å². The second-order valence-electron chi connectivity index (χ2n) is 4.86. The van der Waals surface area contributed by atoms with Crippen molar-refractivity contribution >= 4 is 17.4 Å². The minimum atomic E-state index is -0.786. The molecule has 1 atom stereocenters. The number of carbonyl (C=O) groups excluding carboxylic acids is 2. The number of cyclic esters (lactones) is 1. The van der Waals surface area contributed by atoms with Gasteiger partial charge in [0, 0.05) is 25.7 Å². The number of likely N-dealkylation sites (N-methyl/N-ethyl adjacent to an activating group) is 1. The summed E-state index contributed by atoms with van der Waals surface area (Å²) in [7, 11) is 3.33. The van der Waals surface area contributed by atoms with Crippen molar-refractivity contribution in [3.05, 3.63) is 53.8 Å². The molecule has 0 N–H and O–H groups in total. The first kappa shape index (κ1) is 14.8. The predicted molar refractivity (Wildman–Crippen MR) is 77.8 cm³/mol. The largest absolute Gasteiger partial charge is 0.458 e. The van der Waals surface area contributed by atoms with Gasteiger partial charge >= 0.3 is 5.97 Å². The summed E-state index contributed by atoms with van der Waals surface area (Å²) >= 11 is 0. The second kappa shape index (κ2) is 6.26. The van der Waals surface area contributed by atoms with Crippen molar-refractivity contribution in [1.82, 2.24) is 4.90 Å². The molecule has 2 rings (SSSR count). The molecule has 5 nitrogen and oxygen atoms in total. The Labute approximate surface area is 123 Å². The summed E-state index contributed by atoms with van der Waals surface area (Å²) in [5.41, 5.74) is 1.63. The van der Waals surface area contributed by atoms with E-state index in [0.717, 1.165) is 5.56 Å². The van der Waals surface area contributed by atoms with E-state index < -0.39 is 12.3 Å². The van der Waals surface area contributed by atoms with Crippen LogP contribution in [0.5, 0.6) is 0 Å². The van der Waals surface area contributed by atoms with Gasteiger partial charge < -0.3 is 14.4 Å². The van der Waals surface area contributed by atoms with Gasteiger partial charge in [0.05, 0.1) is 5.57 Å². The van der Waals surface area contributed by atoms with Gasteiger partial charge in [0.2, 0.25) is 0 Å². The first-order chi connectivity index (χ1) is 9.99. The van der Waals surface area contributed by atoms with Crippen LogP contribution in [0.3, 0.4) is 0 Å². The highest BCUT2D eigenvalue weighted by molar-refractivity contribution is 6.18. The van der Waals surface area contributed by atoms with Crippen molar-refractivity contribution in [3.8, 4) is 0 Å². The van der Waals surface area contributed by atoms with Crippen LogP contribution in [0, 0.1) is 0 Å². The van der Waals surface area contributed by atoms with Crippen LogP contribution in [-0.2, 0) is 19.1 Å². The lowest BCUT2D eigenvalue weighted by atomic mass is 10.1. The Bertz CT molecular complexity index is 602. The molecule has 1 aromatic rings. The predicted octanol–water partition coefficient (Wildman–Crippen LogP) is 1.96. The molecular formula is C16H17NO4. The molecule has 1 aliphatic heterocycles. The van der Waals surface area contributed by atoms with Crippen LogP contribution in [0.4, 0.5) is 0 Å². The third-order valence-corrected chi connectivity index (χ3v) is 2.97. The molecule has 1 heterocycles. The summed E-state index contributed by atoms with van der Waals surface area (Å²) < 4.78 is 10.4. The van der Waals surface area contributed by atoms with Crippen molar-refractivity contribution in [2.45, 2.75) is 13.2 Å². The van der Waals surface area contributed by atoms with E-state index >= 15 is 0 Å². The molecule has 5 heteroatoms. The molecule has 0 bridgehead atoms. The fourth-order valence-electron chi connectivity index (χ4n) is 1.81. The first-order valence-electron chi connectivity index (χ1n) is 6.51. The number of ether oxygens (including phenoxy) is 2. The Morgan fingerprint density at radius 1 is 1.29 bits per heavy atom. The van der Waals surface area contributed by atoms with Crippen molar-refractivity contribution in [2.75, 3.05) is 14.1 Å². The van der Waals surface area contributed by atoms with Crippen molar-refractivity contribution < 1.29 is 19.1 Å². The normalized spacial score (nSPS) is 18.0. The maximum absolute atomic E-state index is 12.2. The van der Waals surface area contributed by atoms with Crippen LogP contribution in [0.15, 0.2) is 48.2 Å². The number of esters is 1. The molecular weight excluding hydrogens is 270 g/mol. The van der Waals surface area contributed by atoms with Gasteiger partial charge in [-0.2, -0.15) is 0 Å². The maximum atomic E-state index is 12.2. The maximum Gasteiger partial charge on any atom is 0.336 e. The lowest BCUT2D eigenvalue weighted by Gasteiger charge is -2.15. The molecule has 1 amide bonds. The molecule has 0 fully saturated rings. The lowest BCUT2D eigenvalue weighted by Crippen LogP contribution is -2.23. The molecule has 1 aliphatic rings. The summed E-state index contributed by atoms with van der Waals surface area (Å²) in [6, 6.07) is 9.18. The molecule has 0 aromatic heterocycles. The lowest BCUT2D eigenvalue weighted by molar-refractivity contribution is -0.152. The highest BCUT2D eigenvalue weighted by Gasteiger charge is 2.23. The van der Waals surface area contributed by atoms with Crippen molar-refractivity contribution in [1.29, 1.82) is 0 Å². The van der Waals surface area contributed by atoms with Crippen molar-refractivity contribution in [2.24, 2.45) is 0 Å². The Morgan fingerprint density at radius 2 is 1.95 bits per heavy atom. The van der Waals surface area contributed by atoms with Gasteiger partial charge in [0.15, 0.2) is 0 Å². The summed E-state index contributed by atoms with van der Waals surface area (Å²) in [6.07, 6.45) is 2.12. The molecule has 0 saturated heterocycles. The topological polar surface area (TPSA) is 55.8 Å². The highest BCUT2D eigenvalue weighted by Crippen LogP contribution is 2.19. The SMILES string of the molecule is CC1=CC(OC=C(C(=O)N(C)C)c2ccccc2)OC1=O. The minimum Gasteiger partial charge on any atom is -0.458 e. The first-order valence-corrected chi connectivity index (χ1v) is 6.51. The molecule has 1 unspecified atom stereocenters. The Morgan fingerprint density at radius 3 is 2.48 bits per heavy atom. The quantitative estimate of drug-likeness (QED) is 0.482. The average molecular weight is 287 g/mol. The Balaban J connectivity index is 2.22. The number of hydrogen-bond acceptors (Lipinski definition) is 4. The number of amides is 1. The number of nitrogens with zero attached hydrogens (tertiary/aromatic N) is 1. The fraction of sp³-hybridized carbons (Fsp3) is 0.250. The second-order valence-corrected chi connectivity index (χ2v) is 4.86. The van der Waals surface area contributed by atoms with Gasteiger partial charge in [0.25, 0.3) is 12.2 Å². The average Bonchev–Trinajstić information content (AvgIpc) is 2.78. The molecule has 0 spiro atoms. The molecule has 0 saturated carbocycles. The zero-order chi connectivity index (χ0) is 15.4. The van der Waals surface area contributed by atoms with Gasteiger partial charge in [0.1, 0.15) is 6.26 Å². The highest BCUT2D eigenvalue weighted by atomic mass is 16.7. The van der Waals surface area contributed by atoms with E-state index in [9.17, 15) is 9.59 Å². The van der Waals surface area contributed by atoms with Gasteiger partial charge in [-0.3, -0.25) is 4.79 Å². The van der Waals surface area contributed by atoms with Gasteiger partial charge in [-0.15, -0.1) is 0 Å².